The van der Waals surface area contributed by atoms with Crippen LogP contribution in [0.15, 0.2) is 18.2 Å². The van der Waals surface area contributed by atoms with E-state index >= 15 is 0 Å². The number of carbonyl (C=O) groups is 1. The van der Waals surface area contributed by atoms with Crippen molar-refractivity contribution in [3.05, 3.63) is 28.8 Å². The van der Waals surface area contributed by atoms with Gasteiger partial charge in [-0.15, -0.1) is 0 Å². The Hall–Kier alpha value is -1.27. The third-order valence-electron chi connectivity index (χ3n) is 2.53. The highest BCUT2D eigenvalue weighted by atomic mass is 35.5. The molecule has 2 rings (SSSR count). The van der Waals surface area contributed by atoms with Crippen molar-refractivity contribution in [3.8, 4) is 0 Å². The van der Waals surface area contributed by atoms with Crippen molar-refractivity contribution < 1.29 is 18.0 Å². The summed E-state index contributed by atoms with van der Waals surface area (Å²) in [6.07, 6.45) is -4.54. The van der Waals surface area contributed by atoms with Crippen LogP contribution < -0.4 is 10.6 Å². The van der Waals surface area contributed by atoms with Crippen LogP contribution in [-0.4, -0.2) is 18.5 Å². The average molecular weight is 265 g/mol. The summed E-state index contributed by atoms with van der Waals surface area (Å²) in [4.78, 5) is 12.5. The highest BCUT2D eigenvalue weighted by molar-refractivity contribution is 6.31. The SMILES string of the molecule is NC1CN(c2ccc(Cl)c(C(F)(F)F)c2)C1=O. The highest BCUT2D eigenvalue weighted by Gasteiger charge is 2.37. The van der Waals surface area contributed by atoms with E-state index in [-0.39, 0.29) is 18.1 Å². The van der Waals surface area contributed by atoms with E-state index in [0.717, 1.165) is 12.1 Å². The molecule has 0 spiro atoms. The number of amides is 1. The summed E-state index contributed by atoms with van der Waals surface area (Å²) >= 11 is 5.46. The van der Waals surface area contributed by atoms with Crippen LogP contribution in [0.1, 0.15) is 5.56 Å². The third kappa shape index (κ3) is 2.10. The van der Waals surface area contributed by atoms with Gasteiger partial charge >= 0.3 is 6.18 Å². The molecule has 1 aliphatic heterocycles. The van der Waals surface area contributed by atoms with E-state index in [4.69, 9.17) is 17.3 Å². The second-order valence-electron chi connectivity index (χ2n) is 3.72. The van der Waals surface area contributed by atoms with Crippen LogP contribution in [0.25, 0.3) is 0 Å². The smallest absolute Gasteiger partial charge is 0.318 e. The van der Waals surface area contributed by atoms with Gasteiger partial charge in [-0.05, 0) is 18.2 Å². The van der Waals surface area contributed by atoms with E-state index in [9.17, 15) is 18.0 Å². The van der Waals surface area contributed by atoms with Crippen LogP contribution in [0.4, 0.5) is 18.9 Å². The number of hydrogen-bond acceptors (Lipinski definition) is 2. The third-order valence-corrected chi connectivity index (χ3v) is 2.86. The maximum absolute atomic E-state index is 12.6. The molecule has 0 radical (unpaired) electrons. The molecule has 17 heavy (non-hydrogen) atoms. The Labute approximate surface area is 99.9 Å². The fourth-order valence-corrected chi connectivity index (χ4v) is 1.81. The summed E-state index contributed by atoms with van der Waals surface area (Å²) in [5.41, 5.74) is 4.57. The topological polar surface area (TPSA) is 46.3 Å². The van der Waals surface area contributed by atoms with Gasteiger partial charge in [-0.3, -0.25) is 4.79 Å². The van der Waals surface area contributed by atoms with Crippen LogP contribution in [0.5, 0.6) is 0 Å². The molecule has 1 saturated heterocycles. The van der Waals surface area contributed by atoms with Crippen molar-refractivity contribution in [3.63, 3.8) is 0 Å². The van der Waals surface area contributed by atoms with Crippen molar-refractivity contribution in [2.45, 2.75) is 12.2 Å². The largest absolute Gasteiger partial charge is 0.417 e. The molecule has 0 aliphatic carbocycles. The summed E-state index contributed by atoms with van der Waals surface area (Å²) in [5.74, 6) is -0.388. The number of rotatable bonds is 1. The summed E-state index contributed by atoms with van der Waals surface area (Å²) in [6, 6.07) is 2.71. The molecule has 1 fully saturated rings. The Morgan fingerprint density at radius 2 is 2.06 bits per heavy atom. The first-order valence-corrected chi connectivity index (χ1v) is 5.12. The van der Waals surface area contributed by atoms with E-state index < -0.39 is 22.8 Å². The van der Waals surface area contributed by atoms with Crippen molar-refractivity contribution in [2.75, 3.05) is 11.4 Å². The zero-order valence-corrected chi connectivity index (χ0v) is 9.22. The summed E-state index contributed by atoms with van der Waals surface area (Å²) in [7, 11) is 0. The minimum absolute atomic E-state index is 0.161. The lowest BCUT2D eigenvalue weighted by molar-refractivity contribution is -0.137. The predicted octanol–water partition coefficient (Wildman–Crippen LogP) is 2.03. The number of nitrogens with zero attached hydrogens (tertiary/aromatic N) is 1. The quantitative estimate of drug-likeness (QED) is 0.789. The lowest BCUT2D eigenvalue weighted by Gasteiger charge is -2.36. The number of β-lactam (4-membered cyclic amide) rings is 1. The highest BCUT2D eigenvalue weighted by Crippen LogP contribution is 2.37. The second kappa shape index (κ2) is 3.89. The fourth-order valence-electron chi connectivity index (χ4n) is 1.58. The molecule has 1 heterocycles. The van der Waals surface area contributed by atoms with E-state index in [0.29, 0.717) is 0 Å². The summed E-state index contributed by atoms with van der Waals surface area (Å²) < 4.78 is 37.7. The van der Waals surface area contributed by atoms with Crippen LogP contribution >= 0.6 is 11.6 Å². The molecule has 1 unspecified atom stereocenters. The Balaban J connectivity index is 2.36. The van der Waals surface area contributed by atoms with Gasteiger partial charge in [0.1, 0.15) is 6.04 Å². The molecule has 1 aliphatic rings. The number of benzene rings is 1. The number of halogens is 4. The van der Waals surface area contributed by atoms with E-state index in [2.05, 4.69) is 0 Å². The second-order valence-corrected chi connectivity index (χ2v) is 4.12. The van der Waals surface area contributed by atoms with Crippen molar-refractivity contribution in [2.24, 2.45) is 5.73 Å². The number of hydrogen-bond donors (Lipinski definition) is 1. The number of carbonyl (C=O) groups excluding carboxylic acids is 1. The van der Waals surface area contributed by atoms with E-state index in [1.165, 1.54) is 11.0 Å². The summed E-state index contributed by atoms with van der Waals surface area (Å²) in [6.45, 7) is 0.220. The van der Waals surface area contributed by atoms with Gasteiger partial charge in [0, 0.05) is 5.69 Å². The first-order valence-electron chi connectivity index (χ1n) is 4.74. The van der Waals surface area contributed by atoms with Gasteiger partial charge in [0.15, 0.2) is 0 Å². The van der Waals surface area contributed by atoms with E-state index in [1.54, 1.807) is 0 Å². The molecule has 0 saturated carbocycles. The van der Waals surface area contributed by atoms with Gasteiger partial charge in [-0.2, -0.15) is 13.2 Å². The molecule has 1 atom stereocenters. The van der Waals surface area contributed by atoms with Gasteiger partial charge in [0.2, 0.25) is 5.91 Å². The molecule has 1 aromatic rings. The minimum atomic E-state index is -4.54. The van der Waals surface area contributed by atoms with Crippen molar-refractivity contribution in [1.82, 2.24) is 0 Å². The number of alkyl halides is 3. The molecule has 2 N–H and O–H groups in total. The number of nitrogens with two attached hydrogens (primary N) is 1. The normalized spacial score (nSPS) is 20.4. The van der Waals surface area contributed by atoms with Gasteiger partial charge in [-0.25, -0.2) is 0 Å². The Kier molecular flexibility index (Phi) is 2.79. The number of anilines is 1. The monoisotopic (exact) mass is 264 g/mol. The molecular formula is C10H8ClF3N2O. The van der Waals surface area contributed by atoms with Crippen LogP contribution in [0.3, 0.4) is 0 Å². The maximum atomic E-state index is 12.6. The Morgan fingerprint density at radius 1 is 1.41 bits per heavy atom. The average Bonchev–Trinajstić information content (AvgIpc) is 2.25. The molecule has 1 aromatic carbocycles. The zero-order valence-electron chi connectivity index (χ0n) is 8.46. The first-order chi connectivity index (χ1) is 7.80. The zero-order chi connectivity index (χ0) is 12.8. The molecular weight excluding hydrogens is 257 g/mol. The fraction of sp³-hybridized carbons (Fsp3) is 0.300. The minimum Gasteiger partial charge on any atom is -0.318 e. The molecule has 7 heteroatoms. The maximum Gasteiger partial charge on any atom is 0.417 e. The summed E-state index contributed by atoms with van der Waals surface area (Å²) in [5, 5.41) is -0.390. The van der Waals surface area contributed by atoms with Crippen LogP contribution in [0, 0.1) is 0 Å². The molecule has 1 amide bonds. The Morgan fingerprint density at radius 3 is 2.53 bits per heavy atom. The molecule has 0 bridgehead atoms. The predicted molar refractivity (Wildman–Crippen MR) is 56.8 cm³/mol. The van der Waals surface area contributed by atoms with Crippen molar-refractivity contribution in [1.29, 1.82) is 0 Å². The first kappa shape index (κ1) is 12.2. The van der Waals surface area contributed by atoms with Gasteiger partial charge in [0.25, 0.3) is 0 Å². The van der Waals surface area contributed by atoms with E-state index in [1.807, 2.05) is 0 Å². The molecule has 3 nitrogen and oxygen atoms in total. The Bertz CT molecular complexity index is 475. The van der Waals surface area contributed by atoms with Crippen LogP contribution in [0.2, 0.25) is 5.02 Å². The molecule has 92 valence electrons. The van der Waals surface area contributed by atoms with Gasteiger partial charge in [0.05, 0.1) is 17.1 Å². The van der Waals surface area contributed by atoms with Crippen molar-refractivity contribution >= 4 is 23.2 Å². The lowest BCUT2D eigenvalue weighted by atomic mass is 10.1. The van der Waals surface area contributed by atoms with Gasteiger partial charge in [-0.1, -0.05) is 11.6 Å². The van der Waals surface area contributed by atoms with Gasteiger partial charge < -0.3 is 10.6 Å². The van der Waals surface area contributed by atoms with Crippen LogP contribution in [-0.2, 0) is 11.0 Å². The lowest BCUT2D eigenvalue weighted by Crippen LogP contribution is -2.61. The standard InChI is InChI=1S/C10H8ClF3N2O/c11-7-2-1-5(3-6(7)10(12,13)14)16-4-8(15)9(16)17/h1-3,8H,4,15H2. The molecule has 0 aromatic heterocycles.